The smallest absolute Gasteiger partial charge is 0.248 e. The molecule has 11 heavy (non-hydrogen) atoms. The lowest BCUT2D eigenvalue weighted by Crippen LogP contribution is -2.16. The zero-order valence-electron chi connectivity index (χ0n) is 6.31. The Kier molecular flexibility index (Phi) is 1.19. The van der Waals surface area contributed by atoms with Crippen molar-refractivity contribution in [3.63, 3.8) is 0 Å². The van der Waals surface area contributed by atoms with Crippen molar-refractivity contribution in [1.82, 2.24) is 0 Å². The Hall–Kier alpha value is -0.470. The molecule has 0 radical (unpaired) electrons. The van der Waals surface area contributed by atoms with E-state index in [1.165, 1.54) is 6.92 Å². The fourth-order valence-electron chi connectivity index (χ4n) is 2.38. The molecule has 0 aliphatic heterocycles. The van der Waals surface area contributed by atoms with Gasteiger partial charge in [0, 0.05) is 18.8 Å². The standard InChI is InChI=1S/C8H10F2O/c1-4(11)7-5-2-8(9,10)3-6(5)7/h5-7H,2-3H2,1H3. The molecule has 0 spiro atoms. The average molecular weight is 160 g/mol. The van der Waals surface area contributed by atoms with E-state index < -0.39 is 5.92 Å². The van der Waals surface area contributed by atoms with Gasteiger partial charge >= 0.3 is 0 Å². The Morgan fingerprint density at radius 2 is 1.82 bits per heavy atom. The number of ketones is 1. The number of fused-ring (bicyclic) bond motifs is 1. The van der Waals surface area contributed by atoms with Crippen molar-refractivity contribution in [1.29, 1.82) is 0 Å². The van der Waals surface area contributed by atoms with Gasteiger partial charge in [-0.25, -0.2) is 8.78 Å². The molecule has 0 bridgehead atoms. The van der Waals surface area contributed by atoms with Crippen molar-refractivity contribution in [3.05, 3.63) is 0 Å². The minimum atomic E-state index is -2.47. The van der Waals surface area contributed by atoms with E-state index in [9.17, 15) is 13.6 Å². The van der Waals surface area contributed by atoms with E-state index in [4.69, 9.17) is 0 Å². The van der Waals surface area contributed by atoms with Gasteiger partial charge in [0.2, 0.25) is 5.92 Å². The van der Waals surface area contributed by atoms with Crippen molar-refractivity contribution in [2.24, 2.45) is 17.8 Å². The molecule has 2 rings (SSSR count). The average Bonchev–Trinajstić information content (AvgIpc) is 2.31. The summed E-state index contributed by atoms with van der Waals surface area (Å²) >= 11 is 0. The van der Waals surface area contributed by atoms with Crippen LogP contribution in [-0.2, 0) is 4.79 Å². The van der Waals surface area contributed by atoms with Crippen LogP contribution in [0, 0.1) is 17.8 Å². The molecule has 0 aromatic rings. The molecular weight excluding hydrogens is 150 g/mol. The minimum absolute atomic E-state index is 0.0162. The number of alkyl halides is 2. The number of hydrogen-bond acceptors (Lipinski definition) is 1. The molecule has 2 saturated carbocycles. The number of hydrogen-bond donors (Lipinski definition) is 0. The van der Waals surface area contributed by atoms with Crippen molar-refractivity contribution < 1.29 is 13.6 Å². The third kappa shape index (κ3) is 0.976. The highest BCUT2D eigenvalue weighted by atomic mass is 19.3. The van der Waals surface area contributed by atoms with Crippen LogP contribution in [0.3, 0.4) is 0 Å². The van der Waals surface area contributed by atoms with Gasteiger partial charge in [-0.15, -0.1) is 0 Å². The van der Waals surface area contributed by atoms with Crippen molar-refractivity contribution in [2.75, 3.05) is 0 Å². The maximum Gasteiger partial charge on any atom is 0.248 e. The largest absolute Gasteiger partial charge is 0.300 e. The van der Waals surface area contributed by atoms with Crippen LogP contribution in [-0.4, -0.2) is 11.7 Å². The van der Waals surface area contributed by atoms with Gasteiger partial charge < -0.3 is 0 Å². The summed E-state index contributed by atoms with van der Waals surface area (Å²) < 4.78 is 25.1. The number of rotatable bonds is 1. The molecule has 2 aliphatic carbocycles. The lowest BCUT2D eigenvalue weighted by molar-refractivity contribution is -0.119. The van der Waals surface area contributed by atoms with Gasteiger partial charge in [-0.2, -0.15) is 0 Å². The predicted molar refractivity (Wildman–Crippen MR) is 35.3 cm³/mol. The zero-order valence-corrected chi connectivity index (χ0v) is 6.31. The van der Waals surface area contributed by atoms with Crippen molar-refractivity contribution in [3.8, 4) is 0 Å². The molecule has 3 heteroatoms. The number of carbonyl (C=O) groups excluding carboxylic acids is 1. The molecule has 2 atom stereocenters. The number of halogens is 2. The second-order valence-electron chi connectivity index (χ2n) is 3.73. The van der Waals surface area contributed by atoms with E-state index in [1.807, 2.05) is 0 Å². The van der Waals surface area contributed by atoms with Gasteiger partial charge in [-0.05, 0) is 18.8 Å². The summed E-state index contributed by atoms with van der Waals surface area (Å²) in [4.78, 5) is 10.8. The van der Waals surface area contributed by atoms with Gasteiger partial charge in [-0.3, -0.25) is 4.79 Å². The first-order chi connectivity index (χ1) is 5.01. The van der Waals surface area contributed by atoms with Gasteiger partial charge in [0.25, 0.3) is 0 Å². The van der Waals surface area contributed by atoms with Crippen LogP contribution < -0.4 is 0 Å². The molecule has 0 aromatic heterocycles. The molecule has 0 amide bonds. The summed E-state index contributed by atoms with van der Waals surface area (Å²) in [6.07, 6.45) is -0.107. The molecule has 2 fully saturated rings. The van der Waals surface area contributed by atoms with E-state index in [2.05, 4.69) is 0 Å². The van der Waals surface area contributed by atoms with Gasteiger partial charge in [0.05, 0.1) is 0 Å². The summed E-state index contributed by atoms with van der Waals surface area (Å²) in [5.41, 5.74) is 0. The third-order valence-corrected chi connectivity index (χ3v) is 2.87. The first-order valence-electron chi connectivity index (χ1n) is 3.89. The van der Waals surface area contributed by atoms with E-state index >= 15 is 0 Å². The lowest BCUT2D eigenvalue weighted by Gasteiger charge is -2.10. The molecule has 0 N–H and O–H groups in total. The number of carbonyl (C=O) groups is 1. The van der Waals surface area contributed by atoms with Crippen molar-refractivity contribution >= 4 is 5.78 Å². The summed E-state index contributed by atoms with van der Waals surface area (Å²) in [6, 6.07) is 0. The number of Topliss-reactive ketones (excluding diaryl/α,β-unsaturated/α-hetero) is 1. The topological polar surface area (TPSA) is 17.1 Å². The molecule has 2 aliphatic rings. The van der Waals surface area contributed by atoms with Gasteiger partial charge in [-0.1, -0.05) is 0 Å². The van der Waals surface area contributed by atoms with Crippen LogP contribution >= 0.6 is 0 Å². The highest BCUT2D eigenvalue weighted by Crippen LogP contribution is 2.62. The highest BCUT2D eigenvalue weighted by molar-refractivity contribution is 5.82. The Morgan fingerprint density at radius 3 is 2.18 bits per heavy atom. The Bertz CT molecular complexity index is 198. The van der Waals surface area contributed by atoms with E-state index in [0.29, 0.717) is 0 Å². The van der Waals surface area contributed by atoms with Gasteiger partial charge in [0.15, 0.2) is 0 Å². The first-order valence-corrected chi connectivity index (χ1v) is 3.89. The molecule has 0 aromatic carbocycles. The fraction of sp³-hybridized carbons (Fsp3) is 0.875. The Morgan fingerprint density at radius 1 is 1.36 bits per heavy atom. The van der Waals surface area contributed by atoms with Crippen LogP contribution in [0.2, 0.25) is 0 Å². The second-order valence-corrected chi connectivity index (χ2v) is 3.73. The van der Waals surface area contributed by atoms with Crippen LogP contribution in [0.5, 0.6) is 0 Å². The highest BCUT2D eigenvalue weighted by Gasteiger charge is 2.64. The zero-order chi connectivity index (χ0) is 8.22. The molecule has 0 saturated heterocycles. The van der Waals surface area contributed by atoms with Crippen LogP contribution in [0.25, 0.3) is 0 Å². The molecule has 0 heterocycles. The summed E-state index contributed by atoms with van der Waals surface area (Å²) in [5, 5.41) is 0. The monoisotopic (exact) mass is 160 g/mol. The maximum absolute atomic E-state index is 12.6. The van der Waals surface area contributed by atoms with E-state index in [0.717, 1.165) is 0 Å². The predicted octanol–water partition coefficient (Wildman–Crippen LogP) is 1.87. The second kappa shape index (κ2) is 1.82. The lowest BCUT2D eigenvalue weighted by atomic mass is 10.1. The minimum Gasteiger partial charge on any atom is -0.300 e. The quantitative estimate of drug-likeness (QED) is 0.572. The normalized spacial score (nSPS) is 45.2. The summed E-state index contributed by atoms with van der Waals surface area (Å²) in [6.45, 7) is 1.50. The first kappa shape index (κ1) is 7.19. The van der Waals surface area contributed by atoms with Crippen molar-refractivity contribution in [2.45, 2.75) is 25.7 Å². The Balaban J connectivity index is 2.01. The van der Waals surface area contributed by atoms with Crippen LogP contribution in [0.1, 0.15) is 19.8 Å². The Labute approximate surface area is 63.8 Å². The van der Waals surface area contributed by atoms with Crippen LogP contribution in [0.15, 0.2) is 0 Å². The molecule has 62 valence electrons. The maximum atomic E-state index is 12.6. The fourth-order valence-corrected chi connectivity index (χ4v) is 2.38. The van der Waals surface area contributed by atoms with E-state index in [1.54, 1.807) is 0 Å². The van der Waals surface area contributed by atoms with Crippen LogP contribution in [0.4, 0.5) is 8.78 Å². The molecule has 2 unspecified atom stereocenters. The SMILES string of the molecule is CC(=O)C1C2CC(F)(F)CC21. The van der Waals surface area contributed by atoms with Gasteiger partial charge in [0.1, 0.15) is 5.78 Å². The summed E-state index contributed by atoms with van der Waals surface area (Å²) in [7, 11) is 0. The summed E-state index contributed by atoms with van der Waals surface area (Å²) in [5.74, 6) is -2.36. The molecular formula is C8H10F2O. The third-order valence-electron chi connectivity index (χ3n) is 2.87. The van der Waals surface area contributed by atoms with E-state index in [-0.39, 0.29) is 36.4 Å². The molecule has 1 nitrogen and oxygen atoms in total.